The molecule has 10 heavy (non-hydrogen) atoms. The Hall–Kier alpha value is -0.180. The number of rotatable bonds is 3. The Morgan fingerprint density at radius 3 is 2.40 bits per heavy atom. The molecule has 3 heteroatoms. The van der Waals surface area contributed by atoms with Crippen molar-refractivity contribution in [3.8, 4) is 0 Å². The maximum atomic E-state index is 12.4. The second kappa shape index (κ2) is 2.46. The van der Waals surface area contributed by atoms with Gasteiger partial charge in [0.2, 0.25) is 0 Å². The van der Waals surface area contributed by atoms with E-state index in [1.807, 2.05) is 0 Å². The van der Waals surface area contributed by atoms with E-state index in [-0.39, 0.29) is 0 Å². The van der Waals surface area contributed by atoms with Crippen LogP contribution >= 0.6 is 0 Å². The maximum absolute atomic E-state index is 12.4. The van der Waals surface area contributed by atoms with E-state index in [1.165, 1.54) is 0 Å². The van der Waals surface area contributed by atoms with Crippen molar-refractivity contribution in [3.05, 3.63) is 0 Å². The highest BCUT2D eigenvalue weighted by Gasteiger charge is 2.35. The minimum Gasteiger partial charge on any atom is -0.323 e. The zero-order valence-electron chi connectivity index (χ0n) is 6.11. The van der Waals surface area contributed by atoms with Gasteiger partial charge in [-0.1, -0.05) is 12.8 Å². The molecule has 0 amide bonds. The average Bonchev–Trinajstić information content (AvgIpc) is 2.47. The van der Waals surface area contributed by atoms with E-state index in [4.69, 9.17) is 5.73 Å². The van der Waals surface area contributed by atoms with Crippen LogP contribution in [-0.4, -0.2) is 12.0 Å². The van der Waals surface area contributed by atoms with Crippen LogP contribution in [0.2, 0.25) is 0 Å². The van der Waals surface area contributed by atoms with Crippen LogP contribution in [0.25, 0.3) is 0 Å². The van der Waals surface area contributed by atoms with Crippen LogP contribution in [0.4, 0.5) is 8.78 Å². The highest BCUT2D eigenvalue weighted by molar-refractivity contribution is 4.84. The third kappa shape index (κ3) is 2.21. The van der Waals surface area contributed by atoms with Crippen molar-refractivity contribution in [1.82, 2.24) is 0 Å². The molecule has 0 saturated heterocycles. The molecule has 0 aromatic carbocycles. The summed E-state index contributed by atoms with van der Waals surface area (Å²) in [7, 11) is 0. The molecule has 0 radical (unpaired) electrons. The van der Waals surface area contributed by atoms with Gasteiger partial charge in [0.05, 0.1) is 6.04 Å². The molecule has 60 valence electrons. The highest BCUT2D eigenvalue weighted by atomic mass is 19.3. The Labute approximate surface area is 59.6 Å². The van der Waals surface area contributed by atoms with Gasteiger partial charge in [-0.15, -0.1) is 0 Å². The zero-order valence-corrected chi connectivity index (χ0v) is 6.11. The van der Waals surface area contributed by atoms with E-state index in [2.05, 4.69) is 0 Å². The van der Waals surface area contributed by atoms with Crippen molar-refractivity contribution in [2.75, 3.05) is 0 Å². The van der Waals surface area contributed by atoms with E-state index in [0.29, 0.717) is 12.3 Å². The van der Waals surface area contributed by atoms with Crippen LogP contribution < -0.4 is 5.73 Å². The Morgan fingerprint density at radius 1 is 1.60 bits per heavy atom. The lowest BCUT2D eigenvalue weighted by atomic mass is 10.1. The summed E-state index contributed by atoms with van der Waals surface area (Å²) < 4.78 is 24.8. The van der Waals surface area contributed by atoms with E-state index in [0.717, 1.165) is 19.8 Å². The predicted octanol–water partition coefficient (Wildman–Crippen LogP) is 1.77. The van der Waals surface area contributed by atoms with Gasteiger partial charge in [0.25, 0.3) is 5.92 Å². The molecule has 0 heterocycles. The summed E-state index contributed by atoms with van der Waals surface area (Å²) in [4.78, 5) is 0. The Balaban J connectivity index is 2.25. The van der Waals surface area contributed by atoms with E-state index >= 15 is 0 Å². The molecule has 0 aromatic heterocycles. The third-order valence-electron chi connectivity index (χ3n) is 1.94. The second-order valence-corrected chi connectivity index (χ2v) is 3.24. The van der Waals surface area contributed by atoms with Crippen LogP contribution in [0, 0.1) is 5.92 Å². The lowest BCUT2D eigenvalue weighted by Gasteiger charge is -2.18. The van der Waals surface area contributed by atoms with E-state index < -0.39 is 12.0 Å². The molecule has 1 atom stereocenters. The quantitative estimate of drug-likeness (QED) is 0.650. The van der Waals surface area contributed by atoms with E-state index in [1.54, 1.807) is 0 Å². The Morgan fingerprint density at radius 2 is 2.10 bits per heavy atom. The number of nitrogens with two attached hydrogens (primary N) is 1. The first kappa shape index (κ1) is 7.92. The number of hydrogen-bond acceptors (Lipinski definition) is 1. The largest absolute Gasteiger partial charge is 0.323 e. The minimum atomic E-state index is -2.69. The van der Waals surface area contributed by atoms with Crippen molar-refractivity contribution >= 4 is 0 Å². The normalized spacial score (nSPS) is 22.8. The van der Waals surface area contributed by atoms with Crippen molar-refractivity contribution in [2.45, 2.75) is 38.2 Å². The summed E-state index contributed by atoms with van der Waals surface area (Å²) in [6.07, 6.45) is 2.66. The molecule has 0 aromatic rings. The summed E-state index contributed by atoms with van der Waals surface area (Å²) in [5.74, 6) is -2.20. The van der Waals surface area contributed by atoms with Gasteiger partial charge in [-0.2, -0.15) is 0 Å². The Kier molecular flexibility index (Phi) is 1.95. The van der Waals surface area contributed by atoms with Crippen LogP contribution in [0.15, 0.2) is 0 Å². The predicted molar refractivity (Wildman–Crippen MR) is 35.9 cm³/mol. The lowest BCUT2D eigenvalue weighted by Crippen LogP contribution is -2.38. The number of halogens is 2. The highest BCUT2D eigenvalue weighted by Crippen LogP contribution is 2.35. The Bertz CT molecular complexity index is 115. The molecular weight excluding hydrogens is 136 g/mol. The van der Waals surface area contributed by atoms with Crippen LogP contribution in [-0.2, 0) is 0 Å². The molecule has 1 unspecified atom stereocenters. The molecule has 1 aliphatic rings. The molecular formula is C7H13F2N. The van der Waals surface area contributed by atoms with Gasteiger partial charge in [0.1, 0.15) is 0 Å². The summed E-state index contributed by atoms with van der Waals surface area (Å²) >= 11 is 0. The number of hydrogen-bond donors (Lipinski definition) is 1. The SMILES string of the molecule is CC(F)(F)C(N)CC1CC1. The van der Waals surface area contributed by atoms with Crippen LogP contribution in [0.5, 0.6) is 0 Å². The molecule has 0 bridgehead atoms. The maximum Gasteiger partial charge on any atom is 0.260 e. The van der Waals surface area contributed by atoms with Gasteiger partial charge in [-0.3, -0.25) is 0 Å². The summed E-state index contributed by atoms with van der Waals surface area (Å²) in [5, 5.41) is 0. The summed E-state index contributed by atoms with van der Waals surface area (Å²) in [5.41, 5.74) is 5.24. The zero-order chi connectivity index (χ0) is 7.78. The molecule has 2 N–H and O–H groups in total. The second-order valence-electron chi connectivity index (χ2n) is 3.24. The van der Waals surface area contributed by atoms with Crippen LogP contribution in [0.1, 0.15) is 26.2 Å². The fraction of sp³-hybridized carbons (Fsp3) is 1.00. The molecule has 0 aliphatic heterocycles. The standard InChI is InChI=1S/C7H13F2N/c1-7(8,9)6(10)4-5-2-3-5/h5-6H,2-4,10H2,1H3. The van der Waals surface area contributed by atoms with Gasteiger partial charge in [-0.25, -0.2) is 8.78 Å². The van der Waals surface area contributed by atoms with Crippen molar-refractivity contribution in [2.24, 2.45) is 11.7 Å². The van der Waals surface area contributed by atoms with Gasteiger partial charge >= 0.3 is 0 Å². The summed E-state index contributed by atoms with van der Waals surface area (Å²) in [6.45, 7) is 0.889. The fourth-order valence-corrected chi connectivity index (χ4v) is 0.920. The lowest BCUT2D eigenvalue weighted by molar-refractivity contribution is -0.00943. The van der Waals surface area contributed by atoms with Gasteiger partial charge in [0.15, 0.2) is 0 Å². The van der Waals surface area contributed by atoms with Crippen LogP contribution in [0.3, 0.4) is 0 Å². The molecule has 1 rings (SSSR count). The minimum absolute atomic E-state index is 0.487. The first-order chi connectivity index (χ1) is 4.50. The molecule has 1 saturated carbocycles. The fourth-order valence-electron chi connectivity index (χ4n) is 0.920. The van der Waals surface area contributed by atoms with Gasteiger partial charge in [0, 0.05) is 6.92 Å². The molecule has 1 aliphatic carbocycles. The first-order valence-electron chi connectivity index (χ1n) is 3.63. The van der Waals surface area contributed by atoms with Gasteiger partial charge in [-0.05, 0) is 12.3 Å². The topological polar surface area (TPSA) is 26.0 Å². The third-order valence-corrected chi connectivity index (χ3v) is 1.94. The number of alkyl halides is 2. The monoisotopic (exact) mass is 149 g/mol. The molecule has 0 spiro atoms. The smallest absolute Gasteiger partial charge is 0.260 e. The summed E-state index contributed by atoms with van der Waals surface area (Å²) in [6, 6.07) is -0.931. The van der Waals surface area contributed by atoms with Crippen molar-refractivity contribution in [1.29, 1.82) is 0 Å². The average molecular weight is 149 g/mol. The van der Waals surface area contributed by atoms with Gasteiger partial charge < -0.3 is 5.73 Å². The molecule has 1 fully saturated rings. The van der Waals surface area contributed by atoms with Crippen molar-refractivity contribution in [3.63, 3.8) is 0 Å². The first-order valence-corrected chi connectivity index (χ1v) is 3.63. The molecule has 1 nitrogen and oxygen atoms in total. The van der Waals surface area contributed by atoms with E-state index in [9.17, 15) is 8.78 Å². The van der Waals surface area contributed by atoms with Crippen molar-refractivity contribution < 1.29 is 8.78 Å².